The van der Waals surface area contributed by atoms with E-state index in [1.165, 1.54) is 41.6 Å². The molecule has 0 spiro atoms. The van der Waals surface area contributed by atoms with Crippen LogP contribution >= 0.6 is 11.8 Å². The fourth-order valence-electron chi connectivity index (χ4n) is 1.99. The summed E-state index contributed by atoms with van der Waals surface area (Å²) in [6, 6.07) is 5.31. The monoisotopic (exact) mass is 502 g/mol. The number of hydrogen-bond donors (Lipinski definition) is 1. The molecule has 0 aliphatic heterocycles. The molecule has 1 heterocycles. The Hall–Kier alpha value is -2.59. The first-order valence-electron chi connectivity index (χ1n) is 10.7. The molecule has 34 heavy (non-hydrogen) atoms. The lowest BCUT2D eigenvalue weighted by Crippen LogP contribution is -2.14. The van der Waals surface area contributed by atoms with Gasteiger partial charge < -0.3 is 10.6 Å². The van der Waals surface area contributed by atoms with Gasteiger partial charge >= 0.3 is 6.18 Å². The Balaban J connectivity index is 0. The number of imidazole rings is 1. The van der Waals surface area contributed by atoms with Crippen molar-refractivity contribution in [1.29, 1.82) is 0 Å². The van der Waals surface area contributed by atoms with Crippen molar-refractivity contribution in [2.45, 2.75) is 59.3 Å². The molecule has 1 aromatic heterocycles. The number of fused-ring (bicyclic) bond motifs is 1. The Labute approximate surface area is 205 Å². The quantitative estimate of drug-likeness (QED) is 0.147. The first kappa shape index (κ1) is 33.6. The first-order chi connectivity index (χ1) is 16.0. The molecule has 2 rings (SSSR count). The number of benzene rings is 1. The van der Waals surface area contributed by atoms with Crippen LogP contribution < -0.4 is 5.84 Å². The van der Waals surface area contributed by atoms with Crippen LogP contribution in [-0.2, 0) is 4.74 Å². The summed E-state index contributed by atoms with van der Waals surface area (Å²) in [4.78, 5) is 19.6. The number of carbonyl (C=O) groups excluding carboxylic acids is 1. The summed E-state index contributed by atoms with van der Waals surface area (Å²) < 4.78 is 38.1. The molecular weight excluding hydrogens is 465 g/mol. The van der Waals surface area contributed by atoms with Crippen LogP contribution in [0.4, 0.5) is 13.2 Å². The van der Waals surface area contributed by atoms with Gasteiger partial charge in [0.05, 0.1) is 11.0 Å². The molecule has 0 fully saturated rings. The predicted molar refractivity (Wildman–Crippen MR) is 138 cm³/mol. The summed E-state index contributed by atoms with van der Waals surface area (Å²) >= 11 is 1.47. The number of nitrogens with zero attached hydrogens (tertiary/aromatic N) is 3. The maximum Gasteiger partial charge on any atom is 0.411 e. The van der Waals surface area contributed by atoms with Gasteiger partial charge in [0.25, 0.3) is 0 Å². The number of ether oxygens (including phenoxy) is 1. The Morgan fingerprint density at radius 1 is 1.32 bits per heavy atom. The number of hydrogen-bond acceptors (Lipinski definition) is 6. The summed E-state index contributed by atoms with van der Waals surface area (Å²) in [6.07, 6.45) is 2.37. The fourth-order valence-corrected chi connectivity index (χ4v) is 2.70. The second-order valence-corrected chi connectivity index (χ2v) is 7.37. The highest BCUT2D eigenvalue weighted by molar-refractivity contribution is 7.99. The molecule has 0 bridgehead atoms. The average Bonchev–Trinajstić information content (AvgIpc) is 3.12. The highest BCUT2D eigenvalue weighted by atomic mass is 32.2. The van der Waals surface area contributed by atoms with E-state index in [9.17, 15) is 18.0 Å². The van der Waals surface area contributed by atoms with Crippen LogP contribution in [-0.4, -0.2) is 47.3 Å². The lowest BCUT2D eigenvalue weighted by molar-refractivity contribution is -0.167. The third kappa shape index (κ3) is 14.5. The molecule has 0 unspecified atom stereocenters. The van der Waals surface area contributed by atoms with Crippen molar-refractivity contribution in [2.24, 2.45) is 4.99 Å². The lowest BCUT2D eigenvalue weighted by atomic mass is 10.1. The van der Waals surface area contributed by atoms with Crippen LogP contribution in [0.15, 0.2) is 52.8 Å². The zero-order chi connectivity index (χ0) is 26.7. The molecule has 2 N–H and O–H groups in total. The highest BCUT2D eigenvalue weighted by Crippen LogP contribution is 2.22. The van der Waals surface area contributed by atoms with E-state index in [0.29, 0.717) is 16.5 Å². The number of carbonyl (C=O) groups is 1. The SMILES string of the molecule is C/C=C(/C)CC.C=CN=CCSc1nc2cc(C(C)=O)ccc2n1N.CC.COCC(F)(F)F. The van der Waals surface area contributed by atoms with Crippen LogP contribution in [0.5, 0.6) is 0 Å². The van der Waals surface area contributed by atoms with Crippen molar-refractivity contribution in [3.8, 4) is 0 Å². The van der Waals surface area contributed by atoms with Gasteiger partial charge in [0, 0.05) is 30.8 Å². The second-order valence-electron chi connectivity index (χ2n) is 6.39. The normalized spacial score (nSPS) is 11.1. The number of alkyl halides is 3. The van der Waals surface area contributed by atoms with Gasteiger partial charge in [0.2, 0.25) is 0 Å². The van der Waals surface area contributed by atoms with Gasteiger partial charge in [-0.3, -0.25) is 9.79 Å². The average molecular weight is 503 g/mol. The molecule has 0 amide bonds. The maximum atomic E-state index is 11.3. The third-order valence-electron chi connectivity index (χ3n) is 3.92. The number of rotatable bonds is 7. The van der Waals surface area contributed by atoms with E-state index >= 15 is 0 Å². The van der Waals surface area contributed by atoms with Gasteiger partial charge in [0.1, 0.15) is 6.61 Å². The van der Waals surface area contributed by atoms with E-state index in [0.717, 1.165) is 18.1 Å². The van der Waals surface area contributed by atoms with E-state index in [1.807, 2.05) is 13.8 Å². The van der Waals surface area contributed by atoms with Crippen LogP contribution in [0.25, 0.3) is 11.0 Å². The standard InChI is InChI=1S/C13H14N4OS.C6H12.C3H5F3O.C2H6/c1-3-15-6-7-19-13-16-11-8-10(9(2)18)4-5-12(11)17(13)14;1-4-6(3)5-2;1-7-2-3(4,5)6;1-2/h3-6,8H,1,7,14H2,2H3;4H,5H2,1-3H3;2H2,1H3;1-2H3/b;6-4-;;. The Kier molecular flexibility index (Phi) is 18.6. The van der Waals surface area contributed by atoms with E-state index in [4.69, 9.17) is 5.84 Å². The molecule has 0 aliphatic carbocycles. The van der Waals surface area contributed by atoms with Crippen LogP contribution in [0.3, 0.4) is 0 Å². The molecule has 0 radical (unpaired) electrons. The zero-order valence-electron chi connectivity index (χ0n) is 21.1. The summed E-state index contributed by atoms with van der Waals surface area (Å²) in [5.41, 5.74) is 3.62. The Morgan fingerprint density at radius 3 is 2.32 bits per heavy atom. The summed E-state index contributed by atoms with van der Waals surface area (Å²) in [7, 11) is 1.01. The van der Waals surface area contributed by atoms with Crippen molar-refractivity contribution in [1.82, 2.24) is 9.66 Å². The van der Waals surface area contributed by atoms with Crippen LogP contribution in [0.1, 0.15) is 58.3 Å². The molecular formula is C24H37F3N4O2S. The van der Waals surface area contributed by atoms with E-state index in [1.54, 1.807) is 24.4 Å². The first-order valence-corrected chi connectivity index (χ1v) is 11.7. The summed E-state index contributed by atoms with van der Waals surface area (Å²) in [6.45, 7) is 14.2. The molecule has 0 aliphatic rings. The van der Waals surface area contributed by atoms with Gasteiger partial charge in [0.15, 0.2) is 10.9 Å². The summed E-state index contributed by atoms with van der Waals surface area (Å²) in [5.74, 6) is 6.64. The summed E-state index contributed by atoms with van der Waals surface area (Å²) in [5, 5.41) is 0.686. The molecule has 0 saturated carbocycles. The largest absolute Gasteiger partial charge is 0.411 e. The number of allylic oxidation sites excluding steroid dienone is 2. The number of aliphatic imine (C=N–C) groups is 1. The number of Topliss-reactive ketones (excluding diaryl/α,β-unsaturated/α-hetero) is 1. The van der Waals surface area contributed by atoms with Gasteiger partial charge in [-0.05, 0) is 45.4 Å². The number of thioether (sulfide) groups is 1. The van der Waals surface area contributed by atoms with Crippen molar-refractivity contribution >= 4 is 34.8 Å². The van der Waals surface area contributed by atoms with Crippen molar-refractivity contribution < 1.29 is 22.7 Å². The van der Waals surface area contributed by atoms with Gasteiger partial charge in [-0.1, -0.05) is 50.8 Å². The van der Waals surface area contributed by atoms with Crippen LogP contribution in [0, 0.1) is 0 Å². The molecule has 192 valence electrons. The molecule has 10 heteroatoms. The molecule has 0 saturated heterocycles. The number of methoxy groups -OCH3 is 1. The van der Waals surface area contributed by atoms with Gasteiger partial charge in [-0.15, -0.1) is 0 Å². The number of halogens is 3. The Bertz CT molecular complexity index is 923. The minimum absolute atomic E-state index is 0.0146. The predicted octanol–water partition coefficient (Wildman–Crippen LogP) is 6.84. The van der Waals surface area contributed by atoms with Crippen molar-refractivity contribution in [3.63, 3.8) is 0 Å². The van der Waals surface area contributed by atoms with Gasteiger partial charge in [-0.25, -0.2) is 9.66 Å². The lowest BCUT2D eigenvalue weighted by Gasteiger charge is -2.01. The smallest absolute Gasteiger partial charge is 0.375 e. The zero-order valence-corrected chi connectivity index (χ0v) is 21.9. The molecule has 0 atom stereocenters. The van der Waals surface area contributed by atoms with Crippen LogP contribution in [0.2, 0.25) is 0 Å². The molecule has 1 aromatic carbocycles. The second kappa shape index (κ2) is 18.8. The minimum atomic E-state index is -4.17. The van der Waals surface area contributed by atoms with Gasteiger partial charge in [-0.2, -0.15) is 13.2 Å². The topological polar surface area (TPSA) is 82.5 Å². The fraction of sp³-hybridized carbons (Fsp3) is 0.458. The minimum Gasteiger partial charge on any atom is -0.375 e. The molecule has 6 nitrogen and oxygen atoms in total. The number of nitrogens with two attached hydrogens (primary N) is 1. The van der Waals surface area contributed by atoms with E-state index < -0.39 is 12.8 Å². The highest BCUT2D eigenvalue weighted by Gasteiger charge is 2.26. The van der Waals surface area contributed by atoms with Crippen molar-refractivity contribution in [2.75, 3.05) is 25.3 Å². The third-order valence-corrected chi connectivity index (χ3v) is 4.78. The number of aromatic nitrogens is 2. The van der Waals surface area contributed by atoms with E-state index in [-0.39, 0.29) is 5.78 Å². The number of ketones is 1. The van der Waals surface area contributed by atoms with Crippen molar-refractivity contribution in [3.05, 3.63) is 48.2 Å². The molecule has 2 aromatic rings. The number of nitrogen functional groups attached to an aromatic ring is 1. The van der Waals surface area contributed by atoms with E-state index in [2.05, 4.69) is 48.1 Å². The Morgan fingerprint density at radius 2 is 1.94 bits per heavy atom. The maximum absolute atomic E-state index is 11.3.